The summed E-state index contributed by atoms with van der Waals surface area (Å²) in [7, 11) is 0. The Bertz CT molecular complexity index is 565. The summed E-state index contributed by atoms with van der Waals surface area (Å²) in [4.78, 5) is 18.6. The number of rotatable bonds is 6. The summed E-state index contributed by atoms with van der Waals surface area (Å²) in [5.41, 5.74) is 5.70. The fraction of sp³-hybridized carbons (Fsp3) is 0.545. The summed E-state index contributed by atoms with van der Waals surface area (Å²) < 4.78 is 4.89. The molecule has 2 aromatic rings. The van der Waals surface area contributed by atoms with Crippen molar-refractivity contribution in [3.63, 3.8) is 0 Å². The van der Waals surface area contributed by atoms with Crippen molar-refractivity contribution < 1.29 is 4.52 Å². The molecule has 0 aliphatic carbocycles. The van der Waals surface area contributed by atoms with E-state index in [1.807, 2.05) is 18.7 Å². The second-order valence-corrected chi connectivity index (χ2v) is 4.07. The predicted octanol–water partition coefficient (Wildman–Crippen LogP) is 0.604. The van der Waals surface area contributed by atoms with Crippen LogP contribution in [0.4, 0.5) is 17.8 Å². The van der Waals surface area contributed by atoms with Crippen molar-refractivity contribution in [2.24, 2.45) is 0 Å². The third kappa shape index (κ3) is 3.31. The summed E-state index contributed by atoms with van der Waals surface area (Å²) in [6.07, 6.45) is 0. The van der Waals surface area contributed by atoms with Gasteiger partial charge in [-0.15, -0.1) is 0 Å². The maximum absolute atomic E-state index is 5.70. The van der Waals surface area contributed by atoms with Crippen LogP contribution in [0.15, 0.2) is 4.52 Å². The van der Waals surface area contributed by atoms with Gasteiger partial charge in [0.2, 0.25) is 23.7 Å². The Morgan fingerprint density at radius 2 is 1.90 bits per heavy atom. The Hall–Kier alpha value is -2.45. The molecule has 0 saturated heterocycles. The van der Waals surface area contributed by atoms with Crippen LogP contribution in [-0.4, -0.2) is 38.2 Å². The van der Waals surface area contributed by atoms with Crippen LogP contribution in [0.2, 0.25) is 0 Å². The Kier molecular flexibility index (Phi) is 4.28. The summed E-state index contributed by atoms with van der Waals surface area (Å²) in [5, 5.41) is 6.79. The van der Waals surface area contributed by atoms with Gasteiger partial charge in [0.15, 0.2) is 5.82 Å². The average Bonchev–Trinajstić information content (AvgIpc) is 2.83. The van der Waals surface area contributed by atoms with Gasteiger partial charge in [0, 0.05) is 20.0 Å². The number of aryl methyl sites for hydroxylation is 1. The van der Waals surface area contributed by atoms with E-state index in [-0.39, 0.29) is 5.95 Å². The summed E-state index contributed by atoms with van der Waals surface area (Å²) in [6, 6.07) is 0. The third-order valence-corrected chi connectivity index (χ3v) is 2.66. The second-order valence-electron chi connectivity index (χ2n) is 4.07. The number of hydrogen-bond acceptors (Lipinski definition) is 9. The van der Waals surface area contributed by atoms with Crippen LogP contribution in [-0.2, 0) is 6.54 Å². The first kappa shape index (κ1) is 14.0. The lowest BCUT2D eigenvalue weighted by Gasteiger charge is -2.18. The number of nitrogens with one attached hydrogen (secondary N) is 1. The fourth-order valence-corrected chi connectivity index (χ4v) is 1.68. The molecule has 2 heterocycles. The standard InChI is InChI=1S/C11H18N8O/c1-4-19(5-2)11-16-9(12)15-10(17-11)13-6-8-14-7(3)20-18-8/h4-6H2,1-3H3,(H3,12,13,15,16,17). The van der Waals surface area contributed by atoms with E-state index in [1.165, 1.54) is 0 Å². The van der Waals surface area contributed by atoms with Gasteiger partial charge in [-0.05, 0) is 13.8 Å². The molecule has 0 saturated carbocycles. The van der Waals surface area contributed by atoms with Gasteiger partial charge in [0.1, 0.15) is 0 Å². The lowest BCUT2D eigenvalue weighted by molar-refractivity contribution is 0.388. The molecular weight excluding hydrogens is 260 g/mol. The minimum absolute atomic E-state index is 0.175. The second kappa shape index (κ2) is 6.13. The van der Waals surface area contributed by atoms with Crippen molar-refractivity contribution in [3.8, 4) is 0 Å². The molecule has 0 unspecified atom stereocenters. The van der Waals surface area contributed by atoms with Crippen molar-refractivity contribution in [3.05, 3.63) is 11.7 Å². The first-order chi connectivity index (χ1) is 9.62. The highest BCUT2D eigenvalue weighted by Crippen LogP contribution is 2.12. The first-order valence-electron chi connectivity index (χ1n) is 6.42. The zero-order valence-electron chi connectivity index (χ0n) is 11.8. The maximum Gasteiger partial charge on any atom is 0.231 e. The van der Waals surface area contributed by atoms with Crippen LogP contribution in [0.5, 0.6) is 0 Å². The Labute approximate surface area is 116 Å². The molecule has 2 rings (SSSR count). The highest BCUT2D eigenvalue weighted by atomic mass is 16.5. The molecule has 0 aliphatic heterocycles. The highest BCUT2D eigenvalue weighted by Gasteiger charge is 2.10. The van der Waals surface area contributed by atoms with E-state index < -0.39 is 0 Å². The molecule has 0 aromatic carbocycles. The monoisotopic (exact) mass is 278 g/mol. The Balaban J connectivity index is 2.11. The van der Waals surface area contributed by atoms with Gasteiger partial charge in [-0.1, -0.05) is 5.16 Å². The smallest absolute Gasteiger partial charge is 0.231 e. The van der Waals surface area contributed by atoms with Crippen LogP contribution in [0.25, 0.3) is 0 Å². The molecule has 0 fully saturated rings. The highest BCUT2D eigenvalue weighted by molar-refractivity contribution is 5.41. The topological polar surface area (TPSA) is 119 Å². The normalized spacial score (nSPS) is 10.6. The van der Waals surface area contributed by atoms with E-state index >= 15 is 0 Å². The zero-order valence-corrected chi connectivity index (χ0v) is 11.8. The van der Waals surface area contributed by atoms with Crippen LogP contribution >= 0.6 is 0 Å². The van der Waals surface area contributed by atoms with E-state index in [4.69, 9.17) is 10.3 Å². The van der Waals surface area contributed by atoms with Crippen LogP contribution in [0.3, 0.4) is 0 Å². The lowest BCUT2D eigenvalue weighted by atomic mass is 10.5. The van der Waals surface area contributed by atoms with Gasteiger partial charge >= 0.3 is 0 Å². The quantitative estimate of drug-likeness (QED) is 0.782. The number of nitrogen functional groups attached to an aromatic ring is 1. The number of aromatic nitrogens is 5. The molecule has 20 heavy (non-hydrogen) atoms. The van der Waals surface area contributed by atoms with Crippen LogP contribution in [0.1, 0.15) is 25.6 Å². The molecule has 9 heteroatoms. The van der Waals surface area contributed by atoms with E-state index in [0.29, 0.717) is 30.2 Å². The van der Waals surface area contributed by atoms with Gasteiger partial charge in [-0.3, -0.25) is 0 Å². The Morgan fingerprint density at radius 1 is 1.15 bits per heavy atom. The van der Waals surface area contributed by atoms with Crippen molar-refractivity contribution in [1.29, 1.82) is 0 Å². The molecule has 0 amide bonds. The minimum Gasteiger partial charge on any atom is -0.368 e. The molecule has 0 aliphatic rings. The van der Waals surface area contributed by atoms with E-state index in [1.54, 1.807) is 6.92 Å². The van der Waals surface area contributed by atoms with Gasteiger partial charge in [-0.2, -0.15) is 19.9 Å². The molecular formula is C11H18N8O. The maximum atomic E-state index is 5.70. The molecule has 108 valence electrons. The minimum atomic E-state index is 0.175. The van der Waals surface area contributed by atoms with Crippen molar-refractivity contribution in [2.75, 3.05) is 29.0 Å². The summed E-state index contributed by atoms with van der Waals surface area (Å²) in [5.74, 6) is 2.16. The largest absolute Gasteiger partial charge is 0.368 e. The van der Waals surface area contributed by atoms with Crippen LogP contribution < -0.4 is 16.0 Å². The van der Waals surface area contributed by atoms with Gasteiger partial charge < -0.3 is 20.5 Å². The zero-order chi connectivity index (χ0) is 14.5. The number of nitrogens with two attached hydrogens (primary N) is 1. The molecule has 0 atom stereocenters. The number of hydrogen-bond donors (Lipinski definition) is 2. The number of nitrogens with zero attached hydrogens (tertiary/aromatic N) is 6. The molecule has 0 spiro atoms. The fourth-order valence-electron chi connectivity index (χ4n) is 1.68. The number of anilines is 3. The third-order valence-electron chi connectivity index (χ3n) is 2.66. The van der Waals surface area contributed by atoms with Gasteiger partial charge in [0.25, 0.3) is 0 Å². The van der Waals surface area contributed by atoms with E-state index in [2.05, 4.69) is 30.4 Å². The lowest BCUT2D eigenvalue weighted by Crippen LogP contribution is -2.25. The molecule has 0 bridgehead atoms. The molecule has 3 N–H and O–H groups in total. The van der Waals surface area contributed by atoms with Crippen molar-refractivity contribution in [2.45, 2.75) is 27.3 Å². The first-order valence-corrected chi connectivity index (χ1v) is 6.42. The molecule has 0 radical (unpaired) electrons. The van der Waals surface area contributed by atoms with Gasteiger partial charge in [-0.25, -0.2) is 0 Å². The molecule has 2 aromatic heterocycles. The average molecular weight is 278 g/mol. The van der Waals surface area contributed by atoms with Crippen LogP contribution in [0, 0.1) is 6.92 Å². The van der Waals surface area contributed by atoms with Crippen molar-refractivity contribution in [1.82, 2.24) is 25.1 Å². The Morgan fingerprint density at radius 3 is 2.50 bits per heavy atom. The summed E-state index contributed by atoms with van der Waals surface area (Å²) >= 11 is 0. The molecule has 9 nitrogen and oxygen atoms in total. The van der Waals surface area contributed by atoms with E-state index in [9.17, 15) is 0 Å². The van der Waals surface area contributed by atoms with Gasteiger partial charge in [0.05, 0.1) is 6.54 Å². The van der Waals surface area contributed by atoms with Crippen molar-refractivity contribution >= 4 is 17.8 Å². The summed E-state index contributed by atoms with van der Waals surface area (Å²) in [6.45, 7) is 7.73. The predicted molar refractivity (Wildman–Crippen MR) is 74.2 cm³/mol. The van der Waals surface area contributed by atoms with E-state index in [0.717, 1.165) is 13.1 Å². The SMILES string of the molecule is CCN(CC)c1nc(N)nc(NCc2noc(C)n2)n1.